The van der Waals surface area contributed by atoms with Crippen LogP contribution < -0.4 is 14.4 Å². The van der Waals surface area contributed by atoms with Crippen molar-refractivity contribution in [2.75, 3.05) is 18.6 Å². The molecule has 1 aromatic carbocycles. The Kier molecular flexibility index (Phi) is 4.53. The summed E-state index contributed by atoms with van der Waals surface area (Å²) in [6.07, 6.45) is 0.287. The van der Waals surface area contributed by atoms with Gasteiger partial charge in [0.05, 0.1) is 5.69 Å². The maximum atomic E-state index is 12.6. The summed E-state index contributed by atoms with van der Waals surface area (Å²) in [5, 5.41) is 11.0. The topological polar surface area (TPSA) is 112 Å². The van der Waals surface area contributed by atoms with Gasteiger partial charge in [-0.25, -0.2) is 0 Å². The van der Waals surface area contributed by atoms with Crippen molar-refractivity contribution in [3.8, 4) is 11.5 Å². The van der Waals surface area contributed by atoms with Gasteiger partial charge in [-0.05, 0) is 47.2 Å². The summed E-state index contributed by atoms with van der Waals surface area (Å²) in [5.74, 6) is -0.668. The zero-order valence-electron chi connectivity index (χ0n) is 14.0. The molecule has 1 aliphatic rings. The van der Waals surface area contributed by atoms with Gasteiger partial charge in [-0.15, -0.1) is 0 Å². The molecule has 134 valence electrons. The lowest BCUT2D eigenvalue weighted by Gasteiger charge is -2.26. The average Bonchev–Trinajstić information content (AvgIpc) is 2.64. The fourth-order valence-electron chi connectivity index (χ4n) is 2.52. The Morgan fingerprint density at radius 3 is 2.92 bits per heavy atom. The minimum Gasteiger partial charge on any atom is -0.482 e. The molecule has 1 amide bonds. The minimum atomic E-state index is -0.985. The van der Waals surface area contributed by atoms with Gasteiger partial charge in [-0.3, -0.25) is 9.59 Å². The maximum absolute atomic E-state index is 12.6. The summed E-state index contributed by atoms with van der Waals surface area (Å²) in [6.45, 7) is 1.44. The highest BCUT2D eigenvalue weighted by Gasteiger charge is 2.26. The van der Waals surface area contributed by atoms with Crippen molar-refractivity contribution in [3.63, 3.8) is 0 Å². The highest BCUT2D eigenvalue weighted by molar-refractivity contribution is 6.03. The second kappa shape index (κ2) is 6.79. The summed E-state index contributed by atoms with van der Waals surface area (Å²) in [6, 6.07) is 7.55. The van der Waals surface area contributed by atoms with E-state index in [1.807, 2.05) is 0 Å². The third kappa shape index (κ3) is 3.18. The van der Waals surface area contributed by atoms with E-state index in [1.165, 1.54) is 36.2 Å². The van der Waals surface area contributed by atoms with Gasteiger partial charge in [0.2, 0.25) is 11.5 Å². The summed E-state index contributed by atoms with van der Waals surface area (Å²) in [4.78, 5) is 39.8. The number of pyridine rings is 1. The fraction of sp³-hybridized carbons (Fsp3) is 0.235. The Labute approximate surface area is 148 Å². The minimum absolute atomic E-state index is 0.0546. The molecule has 1 unspecified atom stereocenters. The molecule has 0 radical (unpaired) electrons. The number of anilines is 1. The Hall–Kier alpha value is -3.49. The Morgan fingerprint density at radius 1 is 1.42 bits per heavy atom. The number of carbonyl (C=O) groups is 2. The summed E-state index contributed by atoms with van der Waals surface area (Å²) < 4.78 is 10.8. The number of ketones is 1. The van der Waals surface area contributed by atoms with E-state index in [9.17, 15) is 19.7 Å². The number of Topliss-reactive ketones (excluding diaryl/α,β-unsaturated/α-hetero) is 1. The number of likely N-dealkylation sites (N-methyl/N-ethyl adjacent to an activating group) is 1. The van der Waals surface area contributed by atoms with Gasteiger partial charge in [0.25, 0.3) is 5.91 Å². The molecule has 0 bridgehead atoms. The van der Waals surface area contributed by atoms with Crippen LogP contribution in [0.2, 0.25) is 0 Å². The number of benzene rings is 1. The van der Waals surface area contributed by atoms with Crippen LogP contribution >= 0.6 is 0 Å². The van der Waals surface area contributed by atoms with Gasteiger partial charge in [0, 0.05) is 12.6 Å². The molecule has 0 aliphatic carbocycles. The monoisotopic (exact) mass is 357 g/mol. The number of aromatic nitrogens is 1. The van der Waals surface area contributed by atoms with Crippen molar-refractivity contribution in [1.29, 1.82) is 0 Å². The van der Waals surface area contributed by atoms with Crippen LogP contribution in [0.5, 0.6) is 11.5 Å². The van der Waals surface area contributed by atoms with Crippen LogP contribution in [0, 0.1) is 10.1 Å². The first-order valence-corrected chi connectivity index (χ1v) is 7.72. The van der Waals surface area contributed by atoms with Crippen LogP contribution in [0.3, 0.4) is 0 Å². The van der Waals surface area contributed by atoms with Gasteiger partial charge in [0.1, 0.15) is 11.9 Å². The van der Waals surface area contributed by atoms with E-state index in [0.29, 0.717) is 17.0 Å². The predicted molar refractivity (Wildman–Crippen MR) is 90.7 cm³/mol. The van der Waals surface area contributed by atoms with Crippen molar-refractivity contribution < 1.29 is 24.0 Å². The van der Waals surface area contributed by atoms with Crippen molar-refractivity contribution in [3.05, 3.63) is 52.2 Å². The molecule has 1 aliphatic heterocycles. The lowest BCUT2D eigenvalue weighted by molar-refractivity contribution is -0.390. The van der Waals surface area contributed by atoms with Crippen molar-refractivity contribution in [2.45, 2.75) is 13.0 Å². The van der Waals surface area contributed by atoms with Gasteiger partial charge in [0.15, 0.2) is 12.7 Å². The van der Waals surface area contributed by atoms with E-state index >= 15 is 0 Å². The SMILES string of the molecule is CC(Oc1cccnc1[N+](=O)[O-])C(=O)c1ccc2c(c1)N(C)C(=O)CO2. The molecule has 1 aromatic heterocycles. The van der Waals surface area contributed by atoms with Crippen LogP contribution in [-0.4, -0.2) is 41.4 Å². The number of hydrogen-bond donors (Lipinski definition) is 0. The number of nitrogens with zero attached hydrogens (tertiary/aromatic N) is 3. The summed E-state index contributed by atoms with van der Waals surface area (Å²) in [7, 11) is 1.59. The van der Waals surface area contributed by atoms with Crippen LogP contribution in [0.4, 0.5) is 11.5 Å². The van der Waals surface area contributed by atoms with Crippen LogP contribution in [0.25, 0.3) is 0 Å². The number of nitro groups is 1. The number of ether oxygens (including phenoxy) is 2. The molecule has 0 saturated heterocycles. The molecule has 0 spiro atoms. The van der Waals surface area contributed by atoms with Gasteiger partial charge in [-0.1, -0.05) is 0 Å². The third-order valence-corrected chi connectivity index (χ3v) is 3.93. The van der Waals surface area contributed by atoms with Gasteiger partial charge < -0.3 is 24.5 Å². The van der Waals surface area contributed by atoms with E-state index in [2.05, 4.69) is 4.98 Å². The number of carbonyl (C=O) groups excluding carboxylic acids is 2. The molecule has 9 heteroatoms. The zero-order valence-corrected chi connectivity index (χ0v) is 14.0. The van der Waals surface area contributed by atoms with E-state index in [4.69, 9.17) is 9.47 Å². The highest BCUT2D eigenvalue weighted by Crippen LogP contribution is 2.32. The van der Waals surface area contributed by atoms with Gasteiger partial charge in [-0.2, -0.15) is 0 Å². The Bertz CT molecular complexity index is 898. The first kappa shape index (κ1) is 17.3. The van der Waals surface area contributed by atoms with Crippen molar-refractivity contribution in [1.82, 2.24) is 4.98 Å². The molecule has 26 heavy (non-hydrogen) atoms. The number of hydrogen-bond acceptors (Lipinski definition) is 7. The largest absolute Gasteiger partial charge is 0.482 e. The third-order valence-electron chi connectivity index (χ3n) is 3.93. The van der Waals surface area contributed by atoms with E-state index in [0.717, 1.165) is 0 Å². The molecule has 0 saturated carbocycles. The van der Waals surface area contributed by atoms with Crippen LogP contribution in [0.1, 0.15) is 17.3 Å². The second-order valence-electron chi connectivity index (χ2n) is 5.63. The molecule has 1 atom stereocenters. The van der Waals surface area contributed by atoms with E-state index in [-0.39, 0.29) is 18.3 Å². The predicted octanol–water partition coefficient (Wildman–Crippen LogP) is 2.00. The fourth-order valence-corrected chi connectivity index (χ4v) is 2.52. The van der Waals surface area contributed by atoms with E-state index in [1.54, 1.807) is 19.2 Å². The lowest BCUT2D eigenvalue weighted by atomic mass is 10.0. The average molecular weight is 357 g/mol. The Balaban J connectivity index is 1.84. The number of rotatable bonds is 5. The normalized spacial score (nSPS) is 14.2. The highest BCUT2D eigenvalue weighted by atomic mass is 16.6. The molecule has 0 fully saturated rings. The molecular weight excluding hydrogens is 342 g/mol. The number of amides is 1. The maximum Gasteiger partial charge on any atom is 0.406 e. The smallest absolute Gasteiger partial charge is 0.406 e. The summed E-state index contributed by atoms with van der Waals surface area (Å²) >= 11 is 0. The first-order valence-electron chi connectivity index (χ1n) is 7.72. The summed E-state index contributed by atoms with van der Waals surface area (Å²) in [5.41, 5.74) is 0.777. The van der Waals surface area contributed by atoms with Crippen LogP contribution in [-0.2, 0) is 4.79 Å². The Morgan fingerprint density at radius 2 is 2.19 bits per heavy atom. The molecule has 2 aromatic rings. The molecular formula is C17H15N3O6. The van der Waals surface area contributed by atoms with Crippen LogP contribution in [0.15, 0.2) is 36.5 Å². The second-order valence-corrected chi connectivity index (χ2v) is 5.63. The molecule has 2 heterocycles. The van der Waals surface area contributed by atoms with Gasteiger partial charge >= 0.3 is 5.82 Å². The zero-order chi connectivity index (χ0) is 18.8. The molecule has 3 rings (SSSR count). The number of fused-ring (bicyclic) bond motifs is 1. The van der Waals surface area contributed by atoms with Crippen molar-refractivity contribution in [2.24, 2.45) is 0 Å². The lowest BCUT2D eigenvalue weighted by Crippen LogP contribution is -2.35. The molecule has 9 nitrogen and oxygen atoms in total. The first-order chi connectivity index (χ1) is 12.4. The van der Waals surface area contributed by atoms with E-state index < -0.39 is 22.6 Å². The quantitative estimate of drug-likeness (QED) is 0.457. The molecule has 0 N–H and O–H groups in total. The standard InChI is InChI=1S/C17H15N3O6/c1-10(26-14-4-3-7-18-17(14)20(23)24)16(22)11-5-6-13-12(8-11)19(2)15(21)9-25-13/h3-8,10H,9H2,1-2H3. The van der Waals surface area contributed by atoms with Crippen molar-refractivity contribution >= 4 is 23.2 Å².